The van der Waals surface area contributed by atoms with Crippen molar-refractivity contribution in [2.45, 2.75) is 32.6 Å². The summed E-state index contributed by atoms with van der Waals surface area (Å²) < 4.78 is 0. The monoisotopic (exact) mass is 300 g/mol. The van der Waals surface area contributed by atoms with Crippen LogP contribution in [0.1, 0.15) is 41.6 Å². The molecule has 4 heteroatoms. The molecule has 0 bridgehead atoms. The third kappa shape index (κ3) is 2.14. The van der Waals surface area contributed by atoms with Gasteiger partial charge in [-0.25, -0.2) is 0 Å². The predicted molar refractivity (Wildman–Crippen MR) is 88.9 cm³/mol. The van der Waals surface area contributed by atoms with Gasteiger partial charge >= 0.3 is 0 Å². The van der Waals surface area contributed by atoms with Crippen molar-refractivity contribution in [2.24, 2.45) is 0 Å². The van der Waals surface area contributed by atoms with Crippen LogP contribution in [-0.2, 0) is 11.8 Å². The number of amides is 1. The molecule has 3 N–H and O–H groups in total. The maximum atomic E-state index is 12.4. The summed E-state index contributed by atoms with van der Waals surface area (Å²) in [4.78, 5) is 13.6. The Bertz CT molecular complexity index is 716. The molecule has 0 fully saturated rings. The summed E-state index contributed by atoms with van der Waals surface area (Å²) in [6.07, 6.45) is 0.924. The Morgan fingerprint density at radius 3 is 2.81 bits per heavy atom. The van der Waals surface area contributed by atoms with E-state index in [2.05, 4.69) is 37.4 Å². The number of anilines is 1. The third-order valence-corrected chi connectivity index (χ3v) is 5.12. The van der Waals surface area contributed by atoms with Gasteiger partial charge in [-0.15, -0.1) is 11.3 Å². The van der Waals surface area contributed by atoms with Crippen LogP contribution < -0.4 is 11.1 Å². The first kappa shape index (κ1) is 14.1. The van der Waals surface area contributed by atoms with E-state index in [1.165, 1.54) is 10.4 Å². The van der Waals surface area contributed by atoms with Crippen LogP contribution in [0.2, 0.25) is 0 Å². The predicted octanol–water partition coefficient (Wildman–Crippen LogP) is 3.58. The molecule has 1 heterocycles. The van der Waals surface area contributed by atoms with E-state index in [0.717, 1.165) is 17.5 Å². The standard InChI is InChI=1S/C17H20N2OS/c1-4-19-16(20)14-13-10-7-5-6-8-11(10)17(2,3)9-12(13)21-15(14)18/h5-8H,4,9,18H2,1-3H3,(H,19,20). The van der Waals surface area contributed by atoms with Gasteiger partial charge in [0.2, 0.25) is 0 Å². The average molecular weight is 300 g/mol. The van der Waals surface area contributed by atoms with Crippen LogP contribution in [0, 0.1) is 0 Å². The highest BCUT2D eigenvalue weighted by atomic mass is 32.1. The Labute approximate surface area is 129 Å². The quantitative estimate of drug-likeness (QED) is 0.890. The molecule has 0 saturated carbocycles. The third-order valence-electron chi connectivity index (χ3n) is 4.10. The number of hydrogen-bond donors (Lipinski definition) is 2. The summed E-state index contributed by atoms with van der Waals surface area (Å²) in [6.45, 7) is 7.02. The smallest absolute Gasteiger partial charge is 0.254 e. The molecule has 1 aliphatic rings. The molecule has 0 saturated heterocycles. The van der Waals surface area contributed by atoms with Crippen LogP contribution in [0.15, 0.2) is 24.3 Å². The Morgan fingerprint density at radius 1 is 1.38 bits per heavy atom. The normalized spacial score (nSPS) is 15.2. The van der Waals surface area contributed by atoms with Crippen LogP contribution in [0.5, 0.6) is 0 Å². The van der Waals surface area contributed by atoms with Crippen LogP contribution in [-0.4, -0.2) is 12.5 Å². The molecule has 2 aromatic rings. The molecule has 0 atom stereocenters. The van der Waals surface area contributed by atoms with Crippen LogP contribution in [0.25, 0.3) is 11.1 Å². The number of nitrogens with one attached hydrogen (secondary N) is 1. The van der Waals surface area contributed by atoms with Crippen molar-refractivity contribution < 1.29 is 4.79 Å². The molecule has 1 aromatic carbocycles. The van der Waals surface area contributed by atoms with Crippen LogP contribution >= 0.6 is 11.3 Å². The van der Waals surface area contributed by atoms with Crippen LogP contribution in [0.4, 0.5) is 5.00 Å². The van der Waals surface area contributed by atoms with Crippen molar-refractivity contribution in [3.63, 3.8) is 0 Å². The molecule has 1 aliphatic carbocycles. The fourth-order valence-electron chi connectivity index (χ4n) is 3.17. The van der Waals surface area contributed by atoms with Crippen LogP contribution in [0.3, 0.4) is 0 Å². The summed E-state index contributed by atoms with van der Waals surface area (Å²) >= 11 is 1.55. The lowest BCUT2D eigenvalue weighted by molar-refractivity contribution is 0.0957. The van der Waals surface area contributed by atoms with E-state index in [4.69, 9.17) is 5.73 Å². The Balaban J connectivity index is 2.26. The lowest BCUT2D eigenvalue weighted by Crippen LogP contribution is -2.27. The minimum Gasteiger partial charge on any atom is -0.390 e. The number of nitrogens with two attached hydrogens (primary N) is 1. The Kier molecular flexibility index (Phi) is 3.29. The molecule has 1 amide bonds. The minimum absolute atomic E-state index is 0.0676. The highest BCUT2D eigenvalue weighted by Gasteiger charge is 2.35. The molecule has 0 unspecified atom stereocenters. The largest absolute Gasteiger partial charge is 0.390 e. The van der Waals surface area contributed by atoms with Gasteiger partial charge in [0.05, 0.1) is 10.6 Å². The average Bonchev–Trinajstić information content (AvgIpc) is 2.74. The first-order valence-electron chi connectivity index (χ1n) is 7.25. The van der Waals surface area contributed by atoms with Crippen molar-refractivity contribution in [2.75, 3.05) is 12.3 Å². The van der Waals surface area contributed by atoms with Crippen molar-refractivity contribution in [3.05, 3.63) is 40.3 Å². The molecule has 1 aromatic heterocycles. The first-order valence-corrected chi connectivity index (χ1v) is 8.06. The van der Waals surface area contributed by atoms with Crippen molar-refractivity contribution >= 4 is 22.2 Å². The van der Waals surface area contributed by atoms with E-state index < -0.39 is 0 Å². The van der Waals surface area contributed by atoms with Gasteiger partial charge in [0.1, 0.15) is 0 Å². The van der Waals surface area contributed by atoms with Crippen molar-refractivity contribution in [1.82, 2.24) is 5.32 Å². The fraction of sp³-hybridized carbons (Fsp3) is 0.353. The van der Waals surface area contributed by atoms with Gasteiger partial charge in [-0.3, -0.25) is 4.79 Å². The van der Waals surface area contributed by atoms with Gasteiger partial charge in [-0.2, -0.15) is 0 Å². The van der Waals surface area contributed by atoms with Gasteiger partial charge in [0.15, 0.2) is 0 Å². The molecular formula is C17H20N2OS. The number of carbonyl (C=O) groups excluding carboxylic acids is 1. The molecule has 0 spiro atoms. The zero-order chi connectivity index (χ0) is 15.2. The molecule has 3 rings (SSSR count). The van der Waals surface area contributed by atoms with Gasteiger partial charge in [0, 0.05) is 17.0 Å². The van der Waals surface area contributed by atoms with Gasteiger partial charge < -0.3 is 11.1 Å². The van der Waals surface area contributed by atoms with E-state index in [9.17, 15) is 4.79 Å². The number of hydrogen-bond acceptors (Lipinski definition) is 3. The lowest BCUT2D eigenvalue weighted by atomic mass is 9.72. The first-order chi connectivity index (χ1) is 9.95. The number of nitrogen functional groups attached to an aromatic ring is 1. The van der Waals surface area contributed by atoms with E-state index in [1.807, 2.05) is 13.0 Å². The summed E-state index contributed by atoms with van der Waals surface area (Å²) in [5.74, 6) is -0.0676. The number of carbonyl (C=O) groups is 1. The summed E-state index contributed by atoms with van der Waals surface area (Å²) in [5.41, 5.74) is 10.4. The lowest BCUT2D eigenvalue weighted by Gasteiger charge is -2.32. The Hall–Kier alpha value is -1.81. The molecule has 21 heavy (non-hydrogen) atoms. The van der Waals surface area contributed by atoms with Gasteiger partial charge in [-0.1, -0.05) is 38.1 Å². The number of fused-ring (bicyclic) bond motifs is 3. The van der Waals surface area contributed by atoms with E-state index in [1.54, 1.807) is 11.3 Å². The topological polar surface area (TPSA) is 55.1 Å². The molecule has 3 nitrogen and oxygen atoms in total. The minimum atomic E-state index is -0.0676. The highest BCUT2D eigenvalue weighted by Crippen LogP contribution is 2.49. The number of benzene rings is 1. The maximum Gasteiger partial charge on any atom is 0.254 e. The van der Waals surface area contributed by atoms with E-state index in [0.29, 0.717) is 17.1 Å². The fourth-order valence-corrected chi connectivity index (χ4v) is 4.48. The van der Waals surface area contributed by atoms with E-state index in [-0.39, 0.29) is 11.3 Å². The zero-order valence-corrected chi connectivity index (χ0v) is 13.4. The molecule has 110 valence electrons. The molecule has 0 aliphatic heterocycles. The molecule has 0 radical (unpaired) electrons. The van der Waals surface area contributed by atoms with Crippen molar-refractivity contribution in [3.8, 4) is 11.1 Å². The summed E-state index contributed by atoms with van der Waals surface area (Å²) in [5, 5.41) is 3.50. The maximum absolute atomic E-state index is 12.4. The SMILES string of the molecule is CCNC(=O)c1c(N)sc2c1-c1ccccc1C(C)(C)C2. The number of rotatable bonds is 2. The Morgan fingerprint density at radius 2 is 2.10 bits per heavy atom. The second-order valence-electron chi connectivity index (χ2n) is 6.11. The van der Waals surface area contributed by atoms with Crippen molar-refractivity contribution in [1.29, 1.82) is 0 Å². The molecular weight excluding hydrogens is 280 g/mol. The van der Waals surface area contributed by atoms with Gasteiger partial charge in [0.25, 0.3) is 5.91 Å². The van der Waals surface area contributed by atoms with Gasteiger partial charge in [-0.05, 0) is 29.9 Å². The second kappa shape index (κ2) is 4.88. The second-order valence-corrected chi connectivity index (χ2v) is 7.24. The zero-order valence-electron chi connectivity index (χ0n) is 12.6. The summed E-state index contributed by atoms with van der Waals surface area (Å²) in [6, 6.07) is 8.35. The summed E-state index contributed by atoms with van der Waals surface area (Å²) in [7, 11) is 0. The number of thiophene rings is 1. The van der Waals surface area contributed by atoms with E-state index >= 15 is 0 Å². The highest BCUT2D eigenvalue weighted by molar-refractivity contribution is 7.17.